The molecule has 1 unspecified atom stereocenters. The summed E-state index contributed by atoms with van der Waals surface area (Å²) in [5, 5.41) is 6.98. The maximum atomic E-state index is 6.05. The van der Waals surface area contributed by atoms with Gasteiger partial charge in [-0.3, -0.25) is 14.9 Å². The summed E-state index contributed by atoms with van der Waals surface area (Å²) in [6.45, 7) is 8.94. The molecule has 2 fully saturated rings. The lowest BCUT2D eigenvalue weighted by Crippen LogP contribution is -2.44. The van der Waals surface area contributed by atoms with Crippen LogP contribution in [0, 0.1) is 12.3 Å². The van der Waals surface area contributed by atoms with E-state index in [-0.39, 0.29) is 0 Å². The van der Waals surface area contributed by atoms with E-state index in [4.69, 9.17) is 4.42 Å². The number of nitrogens with one attached hydrogen (secondary N) is 1. The Balaban J connectivity index is 1.20. The van der Waals surface area contributed by atoms with Crippen LogP contribution >= 0.6 is 0 Å². The molecule has 152 valence electrons. The Morgan fingerprint density at radius 1 is 1.03 bits per heavy atom. The van der Waals surface area contributed by atoms with E-state index in [1.54, 1.807) is 6.20 Å². The van der Waals surface area contributed by atoms with Crippen LogP contribution < -0.4 is 0 Å². The molecule has 29 heavy (non-hydrogen) atoms. The lowest BCUT2D eigenvalue weighted by molar-refractivity contribution is 0.0858. The number of aromatic nitrogens is 2. The van der Waals surface area contributed by atoms with Gasteiger partial charge in [0.15, 0.2) is 5.76 Å². The second-order valence-electron chi connectivity index (χ2n) is 9.00. The first kappa shape index (κ1) is 18.6. The number of furan rings is 1. The van der Waals surface area contributed by atoms with Crippen molar-refractivity contribution in [1.82, 2.24) is 20.0 Å². The van der Waals surface area contributed by atoms with Crippen molar-refractivity contribution < 1.29 is 4.42 Å². The molecule has 5 nitrogen and oxygen atoms in total. The number of hydrogen-bond donors (Lipinski definition) is 1. The van der Waals surface area contributed by atoms with Crippen LogP contribution in [0.2, 0.25) is 0 Å². The van der Waals surface area contributed by atoms with Crippen molar-refractivity contribution in [2.75, 3.05) is 26.2 Å². The van der Waals surface area contributed by atoms with Crippen molar-refractivity contribution in [2.24, 2.45) is 5.41 Å². The molecule has 5 rings (SSSR count). The minimum Gasteiger partial charge on any atom is -0.458 e. The van der Waals surface area contributed by atoms with Crippen molar-refractivity contribution in [3.05, 3.63) is 65.5 Å². The minimum absolute atomic E-state index is 0.445. The smallest absolute Gasteiger partial charge is 0.152 e. The van der Waals surface area contributed by atoms with Crippen LogP contribution in [-0.4, -0.2) is 46.2 Å². The molecule has 0 amide bonds. The van der Waals surface area contributed by atoms with E-state index in [0.717, 1.165) is 30.3 Å². The van der Waals surface area contributed by atoms with Gasteiger partial charge >= 0.3 is 0 Å². The number of likely N-dealkylation sites (tertiary alicyclic amines) is 2. The molecule has 1 N–H and O–H groups in total. The zero-order valence-corrected chi connectivity index (χ0v) is 17.2. The summed E-state index contributed by atoms with van der Waals surface area (Å²) in [6.07, 6.45) is 5.72. The normalized spacial score (nSPS) is 23.2. The summed E-state index contributed by atoms with van der Waals surface area (Å²) in [5.74, 6) is 1.91. The summed E-state index contributed by atoms with van der Waals surface area (Å²) >= 11 is 0. The highest BCUT2D eigenvalue weighted by Gasteiger charge is 2.41. The molecule has 2 saturated heterocycles. The average molecular weight is 391 g/mol. The molecular weight excluding hydrogens is 360 g/mol. The zero-order valence-electron chi connectivity index (χ0n) is 17.2. The van der Waals surface area contributed by atoms with Crippen LogP contribution in [0.3, 0.4) is 0 Å². The van der Waals surface area contributed by atoms with Gasteiger partial charge in [0.2, 0.25) is 0 Å². The average Bonchev–Trinajstić information content (AvgIpc) is 3.44. The van der Waals surface area contributed by atoms with Crippen LogP contribution in [0.25, 0.3) is 11.5 Å². The van der Waals surface area contributed by atoms with Gasteiger partial charge in [0.05, 0.1) is 6.54 Å². The van der Waals surface area contributed by atoms with Gasteiger partial charge in [-0.15, -0.1) is 0 Å². The molecule has 0 radical (unpaired) electrons. The lowest BCUT2D eigenvalue weighted by atomic mass is 9.79. The summed E-state index contributed by atoms with van der Waals surface area (Å²) in [4.78, 5) is 5.25. The monoisotopic (exact) mass is 390 g/mol. The number of piperidine rings is 1. The fraction of sp³-hybridized carbons (Fsp3) is 0.458. The van der Waals surface area contributed by atoms with Gasteiger partial charge in [0, 0.05) is 25.8 Å². The molecule has 4 heterocycles. The van der Waals surface area contributed by atoms with Crippen LogP contribution in [0.5, 0.6) is 0 Å². The maximum Gasteiger partial charge on any atom is 0.152 e. The van der Waals surface area contributed by atoms with Gasteiger partial charge in [0.1, 0.15) is 11.5 Å². The molecule has 0 bridgehead atoms. The Morgan fingerprint density at radius 2 is 1.93 bits per heavy atom. The largest absolute Gasteiger partial charge is 0.458 e. The molecule has 5 heteroatoms. The maximum absolute atomic E-state index is 6.05. The fourth-order valence-electron chi connectivity index (χ4n) is 5.23. The number of nitrogens with zero attached hydrogens (tertiary/aromatic N) is 3. The van der Waals surface area contributed by atoms with Gasteiger partial charge in [-0.25, -0.2) is 0 Å². The molecule has 2 aliphatic heterocycles. The SMILES string of the molecule is Cc1cccc(CN2CCCC3(CCN(Cc4ccc(-c5ccn[nH]5)o4)C3)C2)c1. The van der Waals surface area contributed by atoms with Gasteiger partial charge in [-0.05, 0) is 68.5 Å². The van der Waals surface area contributed by atoms with E-state index in [0.29, 0.717) is 5.41 Å². The molecule has 3 aromatic rings. The second-order valence-corrected chi connectivity index (χ2v) is 9.00. The topological polar surface area (TPSA) is 48.3 Å². The number of aromatic amines is 1. The first-order valence-electron chi connectivity index (χ1n) is 10.8. The van der Waals surface area contributed by atoms with Crippen LogP contribution in [0.4, 0.5) is 0 Å². The Labute approximate surface area is 172 Å². The number of aryl methyl sites for hydroxylation is 1. The van der Waals surface area contributed by atoms with Crippen LogP contribution in [0.15, 0.2) is 53.1 Å². The van der Waals surface area contributed by atoms with E-state index in [2.05, 4.69) is 57.3 Å². The van der Waals surface area contributed by atoms with E-state index < -0.39 is 0 Å². The van der Waals surface area contributed by atoms with Crippen molar-refractivity contribution in [3.63, 3.8) is 0 Å². The Morgan fingerprint density at radius 3 is 2.76 bits per heavy atom. The predicted molar refractivity (Wildman–Crippen MR) is 114 cm³/mol. The van der Waals surface area contributed by atoms with Crippen molar-refractivity contribution >= 4 is 0 Å². The fourth-order valence-corrected chi connectivity index (χ4v) is 5.23. The quantitative estimate of drug-likeness (QED) is 0.698. The molecule has 0 aliphatic carbocycles. The number of hydrogen-bond acceptors (Lipinski definition) is 4. The minimum atomic E-state index is 0.445. The van der Waals surface area contributed by atoms with Crippen molar-refractivity contribution in [1.29, 1.82) is 0 Å². The Bertz CT molecular complexity index is 947. The van der Waals surface area contributed by atoms with Gasteiger partial charge in [-0.2, -0.15) is 5.10 Å². The van der Waals surface area contributed by atoms with Gasteiger partial charge in [0.25, 0.3) is 0 Å². The molecule has 2 aliphatic rings. The Hall–Kier alpha value is -2.37. The first-order valence-corrected chi connectivity index (χ1v) is 10.8. The van der Waals surface area contributed by atoms with Crippen molar-refractivity contribution in [2.45, 2.75) is 39.3 Å². The van der Waals surface area contributed by atoms with Crippen molar-refractivity contribution in [3.8, 4) is 11.5 Å². The Kier molecular flexibility index (Phi) is 5.02. The van der Waals surface area contributed by atoms with Gasteiger partial charge in [-0.1, -0.05) is 29.8 Å². The standard InChI is InChI=1S/C24H30N4O/c1-19-4-2-5-20(14-19)15-27-12-3-9-24(17-27)10-13-28(18-24)16-21-6-7-23(29-21)22-8-11-25-26-22/h2,4-8,11,14H,3,9-10,12-13,15-18H2,1H3,(H,25,26). The summed E-state index contributed by atoms with van der Waals surface area (Å²) < 4.78 is 6.05. The summed E-state index contributed by atoms with van der Waals surface area (Å²) in [5.41, 5.74) is 4.18. The molecule has 1 atom stereocenters. The molecule has 0 saturated carbocycles. The number of benzene rings is 1. The summed E-state index contributed by atoms with van der Waals surface area (Å²) in [7, 11) is 0. The molecular formula is C24H30N4O. The zero-order chi connectivity index (χ0) is 19.7. The number of H-pyrrole nitrogens is 1. The summed E-state index contributed by atoms with van der Waals surface area (Å²) in [6, 6.07) is 15.0. The highest BCUT2D eigenvalue weighted by Crippen LogP contribution is 2.40. The number of rotatable bonds is 5. The van der Waals surface area contributed by atoms with E-state index in [1.165, 1.54) is 56.6 Å². The highest BCUT2D eigenvalue weighted by atomic mass is 16.3. The molecule has 1 spiro atoms. The van der Waals surface area contributed by atoms with E-state index in [9.17, 15) is 0 Å². The second kappa shape index (κ2) is 7.81. The third kappa shape index (κ3) is 4.16. The highest BCUT2D eigenvalue weighted by molar-refractivity contribution is 5.51. The first-order chi connectivity index (χ1) is 14.2. The van der Waals surface area contributed by atoms with E-state index >= 15 is 0 Å². The third-order valence-electron chi connectivity index (χ3n) is 6.55. The predicted octanol–water partition coefficient (Wildman–Crippen LogP) is 4.47. The molecule has 1 aromatic carbocycles. The molecule has 2 aromatic heterocycles. The van der Waals surface area contributed by atoms with Gasteiger partial charge < -0.3 is 4.42 Å². The third-order valence-corrected chi connectivity index (χ3v) is 6.55. The van der Waals surface area contributed by atoms with Crippen LogP contribution in [-0.2, 0) is 13.1 Å². The lowest BCUT2D eigenvalue weighted by Gasteiger charge is -2.40. The van der Waals surface area contributed by atoms with E-state index in [1.807, 2.05) is 12.1 Å². The van der Waals surface area contributed by atoms with Crippen LogP contribution in [0.1, 0.15) is 36.1 Å².